The van der Waals surface area contributed by atoms with Crippen LogP contribution in [0.4, 0.5) is 5.95 Å². The number of fused-ring (bicyclic) bond motifs is 1. The molecule has 4 aromatic rings. The Morgan fingerprint density at radius 2 is 1.63 bits per heavy atom. The topological polar surface area (TPSA) is 50.2 Å². The molecule has 132 valence electrons. The number of hydrogen-bond acceptors (Lipinski definition) is 4. The number of aromatic nitrogens is 2. The van der Waals surface area contributed by atoms with Gasteiger partial charge in [0.2, 0.25) is 5.95 Å². The molecule has 0 spiro atoms. The zero-order chi connectivity index (χ0) is 18.6. The summed E-state index contributed by atoms with van der Waals surface area (Å²) in [5.41, 5.74) is 9.25. The van der Waals surface area contributed by atoms with E-state index in [0.717, 1.165) is 27.7 Å². The van der Waals surface area contributed by atoms with Crippen molar-refractivity contribution in [2.75, 3.05) is 5.43 Å². The molecule has 4 rings (SSSR count). The maximum atomic E-state index is 4.73. The van der Waals surface area contributed by atoms with Gasteiger partial charge in [0.05, 0.1) is 17.4 Å². The van der Waals surface area contributed by atoms with Crippen molar-refractivity contribution in [2.45, 2.75) is 13.8 Å². The standard InChI is InChI=1S/C23H20N4/c1-16-12-13-21-20(14-16)22(18-9-4-3-5-10-18)26-23(25-21)27-24-15-19-11-7-6-8-17(19)2/h3-15H,1-2H3,(H,25,26,27)/b24-15+. The van der Waals surface area contributed by atoms with E-state index in [1.165, 1.54) is 11.1 Å². The molecule has 0 aliphatic heterocycles. The largest absolute Gasteiger partial charge is 0.245 e. The third-order valence-electron chi connectivity index (χ3n) is 4.46. The van der Waals surface area contributed by atoms with Gasteiger partial charge in [-0.05, 0) is 37.1 Å². The number of benzene rings is 3. The minimum atomic E-state index is 0.482. The average molecular weight is 352 g/mol. The molecule has 0 amide bonds. The van der Waals surface area contributed by atoms with Crippen LogP contribution in [0, 0.1) is 13.8 Å². The van der Waals surface area contributed by atoms with Gasteiger partial charge in [-0.25, -0.2) is 15.4 Å². The highest BCUT2D eigenvalue weighted by Gasteiger charge is 2.09. The van der Waals surface area contributed by atoms with Gasteiger partial charge in [-0.1, -0.05) is 66.2 Å². The second kappa shape index (κ2) is 7.38. The highest BCUT2D eigenvalue weighted by Crippen LogP contribution is 2.28. The van der Waals surface area contributed by atoms with Crippen molar-refractivity contribution < 1.29 is 0 Å². The smallest absolute Gasteiger partial charge is 0.244 e. The summed E-state index contributed by atoms with van der Waals surface area (Å²) in [6.45, 7) is 4.14. The van der Waals surface area contributed by atoms with Crippen LogP contribution in [-0.4, -0.2) is 16.2 Å². The second-order valence-electron chi connectivity index (χ2n) is 6.51. The normalized spacial score (nSPS) is 11.2. The van der Waals surface area contributed by atoms with Crippen LogP contribution < -0.4 is 5.43 Å². The van der Waals surface area contributed by atoms with Crippen LogP contribution in [0.25, 0.3) is 22.2 Å². The Morgan fingerprint density at radius 1 is 0.852 bits per heavy atom. The third kappa shape index (κ3) is 3.70. The molecule has 0 atom stereocenters. The van der Waals surface area contributed by atoms with Crippen LogP contribution in [0.1, 0.15) is 16.7 Å². The molecule has 4 nitrogen and oxygen atoms in total. The lowest BCUT2D eigenvalue weighted by Crippen LogP contribution is -2.00. The Morgan fingerprint density at radius 3 is 2.44 bits per heavy atom. The van der Waals surface area contributed by atoms with Crippen LogP contribution >= 0.6 is 0 Å². The van der Waals surface area contributed by atoms with E-state index in [4.69, 9.17) is 4.98 Å². The molecular weight excluding hydrogens is 332 g/mol. The van der Waals surface area contributed by atoms with Crippen molar-refractivity contribution >= 4 is 23.1 Å². The van der Waals surface area contributed by atoms with Gasteiger partial charge >= 0.3 is 0 Å². The summed E-state index contributed by atoms with van der Waals surface area (Å²) in [7, 11) is 0. The summed E-state index contributed by atoms with van der Waals surface area (Å²) in [4.78, 5) is 9.35. The SMILES string of the molecule is Cc1ccc2nc(N/N=C/c3ccccc3C)nc(-c3ccccc3)c2c1. The van der Waals surface area contributed by atoms with E-state index in [1.54, 1.807) is 6.21 Å². The van der Waals surface area contributed by atoms with Gasteiger partial charge in [0, 0.05) is 10.9 Å². The lowest BCUT2D eigenvalue weighted by molar-refractivity contribution is 1.15. The Bertz CT molecular complexity index is 1120. The zero-order valence-electron chi connectivity index (χ0n) is 15.3. The number of nitrogens with one attached hydrogen (secondary N) is 1. The van der Waals surface area contributed by atoms with Crippen molar-refractivity contribution in [1.29, 1.82) is 0 Å². The van der Waals surface area contributed by atoms with E-state index < -0.39 is 0 Å². The van der Waals surface area contributed by atoms with Gasteiger partial charge < -0.3 is 0 Å². The fourth-order valence-electron chi connectivity index (χ4n) is 3.00. The van der Waals surface area contributed by atoms with Crippen LogP contribution in [0.5, 0.6) is 0 Å². The molecule has 0 unspecified atom stereocenters. The molecule has 3 aromatic carbocycles. The molecule has 0 aliphatic rings. The van der Waals surface area contributed by atoms with E-state index in [9.17, 15) is 0 Å². The van der Waals surface area contributed by atoms with Crippen molar-refractivity contribution in [1.82, 2.24) is 9.97 Å². The number of hydrazone groups is 1. The summed E-state index contributed by atoms with van der Waals surface area (Å²) in [6, 6.07) is 24.5. The molecule has 0 fully saturated rings. The maximum absolute atomic E-state index is 4.73. The lowest BCUT2D eigenvalue weighted by atomic mass is 10.0. The van der Waals surface area contributed by atoms with Gasteiger partial charge in [0.15, 0.2) is 0 Å². The molecule has 27 heavy (non-hydrogen) atoms. The first-order valence-corrected chi connectivity index (χ1v) is 8.89. The molecule has 1 aromatic heterocycles. The van der Waals surface area contributed by atoms with Crippen LogP contribution in [0.3, 0.4) is 0 Å². The van der Waals surface area contributed by atoms with Gasteiger partial charge in [0.25, 0.3) is 0 Å². The van der Waals surface area contributed by atoms with E-state index in [1.807, 2.05) is 42.5 Å². The number of hydrogen-bond donors (Lipinski definition) is 1. The summed E-state index contributed by atoms with van der Waals surface area (Å²) >= 11 is 0. The van der Waals surface area contributed by atoms with E-state index in [0.29, 0.717) is 5.95 Å². The lowest BCUT2D eigenvalue weighted by Gasteiger charge is -2.09. The number of aryl methyl sites for hydroxylation is 2. The number of rotatable bonds is 4. The monoisotopic (exact) mass is 352 g/mol. The molecule has 0 aliphatic carbocycles. The van der Waals surface area contributed by atoms with Gasteiger partial charge in [-0.2, -0.15) is 5.10 Å². The van der Waals surface area contributed by atoms with Gasteiger partial charge in [-0.15, -0.1) is 0 Å². The van der Waals surface area contributed by atoms with Crippen LogP contribution in [0.2, 0.25) is 0 Å². The fourth-order valence-corrected chi connectivity index (χ4v) is 3.00. The molecule has 4 heteroatoms. The molecule has 0 saturated carbocycles. The quantitative estimate of drug-likeness (QED) is 0.397. The highest BCUT2D eigenvalue weighted by atomic mass is 15.3. The first-order valence-electron chi connectivity index (χ1n) is 8.89. The minimum Gasteiger partial charge on any atom is -0.245 e. The average Bonchev–Trinajstić information content (AvgIpc) is 2.70. The zero-order valence-corrected chi connectivity index (χ0v) is 15.3. The Labute approximate surface area is 158 Å². The predicted octanol–water partition coefficient (Wildman–Crippen LogP) is 5.36. The first-order chi connectivity index (χ1) is 13.2. The predicted molar refractivity (Wildman–Crippen MR) is 112 cm³/mol. The second-order valence-corrected chi connectivity index (χ2v) is 6.51. The molecule has 1 heterocycles. The fraction of sp³-hybridized carbons (Fsp3) is 0.0870. The summed E-state index contributed by atoms with van der Waals surface area (Å²) in [6.07, 6.45) is 1.79. The Kier molecular flexibility index (Phi) is 4.62. The van der Waals surface area contributed by atoms with Crippen molar-refractivity contribution in [3.63, 3.8) is 0 Å². The van der Waals surface area contributed by atoms with Crippen LogP contribution in [0.15, 0.2) is 77.9 Å². The summed E-state index contributed by atoms with van der Waals surface area (Å²) < 4.78 is 0. The molecule has 0 radical (unpaired) electrons. The molecule has 1 N–H and O–H groups in total. The first kappa shape index (κ1) is 16.9. The number of nitrogens with zero attached hydrogens (tertiary/aromatic N) is 3. The van der Waals surface area contributed by atoms with Crippen molar-refractivity contribution in [3.05, 3.63) is 89.5 Å². The summed E-state index contributed by atoms with van der Waals surface area (Å²) in [5.74, 6) is 0.482. The van der Waals surface area contributed by atoms with Crippen molar-refractivity contribution in [3.8, 4) is 11.3 Å². The minimum absolute atomic E-state index is 0.482. The molecule has 0 bridgehead atoms. The molecule has 0 saturated heterocycles. The molecular formula is C23H20N4. The van der Waals surface area contributed by atoms with E-state index >= 15 is 0 Å². The van der Waals surface area contributed by atoms with E-state index in [2.05, 4.69) is 59.7 Å². The van der Waals surface area contributed by atoms with Gasteiger partial charge in [-0.3, -0.25) is 0 Å². The third-order valence-corrected chi connectivity index (χ3v) is 4.46. The Hall–Kier alpha value is -3.53. The van der Waals surface area contributed by atoms with Gasteiger partial charge in [0.1, 0.15) is 0 Å². The Balaban J connectivity index is 1.74. The maximum Gasteiger partial charge on any atom is 0.244 e. The van der Waals surface area contributed by atoms with Crippen LogP contribution in [-0.2, 0) is 0 Å². The summed E-state index contributed by atoms with van der Waals surface area (Å²) in [5, 5.41) is 5.37. The highest BCUT2D eigenvalue weighted by molar-refractivity contribution is 5.93. The van der Waals surface area contributed by atoms with Crippen molar-refractivity contribution in [2.24, 2.45) is 5.10 Å². The number of anilines is 1. The van der Waals surface area contributed by atoms with E-state index in [-0.39, 0.29) is 0 Å².